The second kappa shape index (κ2) is 19.3. The van der Waals surface area contributed by atoms with E-state index in [1.54, 1.807) is 0 Å². The van der Waals surface area contributed by atoms with E-state index in [2.05, 4.69) is 6.92 Å². The van der Waals surface area contributed by atoms with Crippen LogP contribution in [-0.4, -0.2) is 116 Å². The van der Waals surface area contributed by atoms with Gasteiger partial charge >= 0.3 is 5.97 Å². The normalized spacial score (nSPS) is 34.6. The van der Waals surface area contributed by atoms with Crippen LogP contribution in [0.3, 0.4) is 0 Å². The fraction of sp³-hybridized carbons (Fsp3) is 0.964. The summed E-state index contributed by atoms with van der Waals surface area (Å²) in [6.07, 6.45) is -0.238. The Hall–Kier alpha value is -0.930. The van der Waals surface area contributed by atoms with E-state index < -0.39 is 80.6 Å². The summed E-state index contributed by atoms with van der Waals surface area (Å²) in [5.41, 5.74) is 0. The van der Waals surface area contributed by atoms with Crippen LogP contribution in [0.4, 0.5) is 0 Å². The highest BCUT2D eigenvalue weighted by Crippen LogP contribution is 2.29. The van der Waals surface area contributed by atoms with Crippen LogP contribution < -0.4 is 0 Å². The number of unbranched alkanes of at least 4 members (excludes halogenated alkanes) is 12. The summed E-state index contributed by atoms with van der Waals surface area (Å²) in [5.74, 6) is -0.481. The summed E-state index contributed by atoms with van der Waals surface area (Å²) in [7, 11) is 0. The topological polar surface area (TPSA) is 196 Å². The van der Waals surface area contributed by atoms with Crippen molar-refractivity contribution in [2.75, 3.05) is 13.2 Å². The summed E-state index contributed by atoms with van der Waals surface area (Å²) < 4.78 is 21.2. The molecular weight excluding hydrogens is 528 g/mol. The summed E-state index contributed by atoms with van der Waals surface area (Å²) in [4.78, 5) is 12.2. The third-order valence-electron chi connectivity index (χ3n) is 7.69. The van der Waals surface area contributed by atoms with Crippen LogP contribution in [0.2, 0.25) is 0 Å². The van der Waals surface area contributed by atoms with Crippen LogP contribution in [0.5, 0.6) is 0 Å². The Morgan fingerprint density at radius 1 is 0.650 bits per heavy atom. The first-order valence-electron chi connectivity index (χ1n) is 15.0. The van der Waals surface area contributed by atoms with Crippen LogP contribution in [0.25, 0.3) is 0 Å². The van der Waals surface area contributed by atoms with Gasteiger partial charge in [0, 0.05) is 6.42 Å². The highest BCUT2D eigenvalue weighted by atomic mass is 16.7. The second-order valence-corrected chi connectivity index (χ2v) is 11.0. The van der Waals surface area contributed by atoms with Crippen LogP contribution in [0, 0.1) is 0 Å². The molecule has 0 aliphatic carbocycles. The molecule has 2 saturated heterocycles. The Bertz CT molecular complexity index is 680. The molecule has 7 N–H and O–H groups in total. The fourth-order valence-electron chi connectivity index (χ4n) is 5.09. The minimum atomic E-state index is -1.77. The highest BCUT2D eigenvalue weighted by molar-refractivity contribution is 5.69. The van der Waals surface area contributed by atoms with Gasteiger partial charge in [0.2, 0.25) is 0 Å². The lowest BCUT2D eigenvalue weighted by Crippen LogP contribution is -2.64. The number of carbonyl (C=O) groups is 1. The largest absolute Gasteiger partial charge is 0.463 e. The van der Waals surface area contributed by atoms with Gasteiger partial charge in [0.25, 0.3) is 0 Å². The van der Waals surface area contributed by atoms with Gasteiger partial charge in [0.05, 0.1) is 6.61 Å². The molecule has 0 aromatic carbocycles. The third-order valence-corrected chi connectivity index (χ3v) is 7.69. The Kier molecular flexibility index (Phi) is 17.0. The number of hydrogen-bond acceptors (Lipinski definition) is 12. The van der Waals surface area contributed by atoms with Crippen molar-refractivity contribution < 1.29 is 59.5 Å². The molecule has 10 atom stereocenters. The molecule has 236 valence electrons. The monoisotopic (exact) mass is 580 g/mol. The van der Waals surface area contributed by atoms with Gasteiger partial charge in [-0.1, -0.05) is 84.0 Å². The van der Waals surface area contributed by atoms with Crippen molar-refractivity contribution >= 4 is 5.97 Å². The van der Waals surface area contributed by atoms with Crippen molar-refractivity contribution in [2.45, 2.75) is 158 Å². The zero-order valence-electron chi connectivity index (χ0n) is 23.8. The van der Waals surface area contributed by atoms with E-state index in [0.717, 1.165) is 19.3 Å². The first-order chi connectivity index (χ1) is 19.2. The van der Waals surface area contributed by atoms with Crippen LogP contribution in [0.15, 0.2) is 0 Å². The quantitative estimate of drug-likeness (QED) is 0.0833. The predicted molar refractivity (Wildman–Crippen MR) is 143 cm³/mol. The average Bonchev–Trinajstić information content (AvgIpc) is 2.94. The van der Waals surface area contributed by atoms with E-state index in [1.807, 2.05) is 0 Å². The van der Waals surface area contributed by atoms with Crippen molar-refractivity contribution in [2.24, 2.45) is 0 Å². The summed E-state index contributed by atoms with van der Waals surface area (Å²) in [6, 6.07) is 0. The molecule has 1 unspecified atom stereocenters. The molecule has 12 nitrogen and oxygen atoms in total. The molecule has 2 rings (SSSR count). The Morgan fingerprint density at radius 2 is 1.20 bits per heavy atom. The number of hydrogen-bond donors (Lipinski definition) is 7. The van der Waals surface area contributed by atoms with Crippen molar-refractivity contribution in [1.29, 1.82) is 0 Å². The maximum atomic E-state index is 12.2. The van der Waals surface area contributed by atoms with E-state index in [9.17, 15) is 40.5 Å². The molecule has 2 fully saturated rings. The smallest absolute Gasteiger partial charge is 0.305 e. The third kappa shape index (κ3) is 11.4. The molecule has 0 saturated carbocycles. The molecule has 0 bridgehead atoms. The lowest BCUT2D eigenvalue weighted by atomic mass is 9.97. The van der Waals surface area contributed by atoms with E-state index in [4.69, 9.17) is 18.9 Å². The lowest BCUT2D eigenvalue weighted by Gasteiger charge is -2.45. The van der Waals surface area contributed by atoms with Gasteiger partial charge < -0.3 is 54.7 Å². The summed E-state index contributed by atoms with van der Waals surface area (Å²) >= 11 is 0. The van der Waals surface area contributed by atoms with Crippen molar-refractivity contribution in [3.63, 3.8) is 0 Å². The van der Waals surface area contributed by atoms with Gasteiger partial charge in [-0.05, 0) is 6.42 Å². The average molecular weight is 581 g/mol. The Morgan fingerprint density at radius 3 is 1.75 bits per heavy atom. The number of ether oxygens (including phenoxy) is 4. The van der Waals surface area contributed by atoms with E-state index in [-0.39, 0.29) is 6.42 Å². The van der Waals surface area contributed by atoms with Crippen LogP contribution in [0.1, 0.15) is 96.8 Å². The van der Waals surface area contributed by atoms with Gasteiger partial charge in [-0.3, -0.25) is 4.79 Å². The van der Waals surface area contributed by atoms with E-state index in [0.29, 0.717) is 6.42 Å². The zero-order valence-corrected chi connectivity index (χ0v) is 23.8. The van der Waals surface area contributed by atoms with E-state index in [1.165, 1.54) is 57.8 Å². The number of rotatable bonds is 19. The Labute approximate surface area is 237 Å². The zero-order chi connectivity index (χ0) is 29.5. The second-order valence-electron chi connectivity index (χ2n) is 11.0. The molecule has 40 heavy (non-hydrogen) atoms. The van der Waals surface area contributed by atoms with Gasteiger partial charge in [-0.25, -0.2) is 0 Å². The molecule has 2 aliphatic rings. The minimum absolute atomic E-state index is 0.204. The molecular formula is C28H52O12. The summed E-state index contributed by atoms with van der Waals surface area (Å²) in [6.45, 7) is 1.13. The number of esters is 1. The number of carbonyl (C=O) groups excluding carboxylic acids is 1. The number of aliphatic hydroxyl groups excluding tert-OH is 7. The maximum absolute atomic E-state index is 12.2. The molecule has 2 heterocycles. The van der Waals surface area contributed by atoms with Gasteiger partial charge in [-0.2, -0.15) is 0 Å². The molecule has 0 aromatic heterocycles. The highest BCUT2D eigenvalue weighted by Gasteiger charge is 2.50. The first-order valence-corrected chi connectivity index (χ1v) is 15.0. The first kappa shape index (κ1) is 35.3. The summed E-state index contributed by atoms with van der Waals surface area (Å²) in [5, 5.41) is 70.2. The van der Waals surface area contributed by atoms with Crippen LogP contribution in [-0.2, 0) is 23.7 Å². The fourth-order valence-corrected chi connectivity index (χ4v) is 5.09. The minimum Gasteiger partial charge on any atom is -0.463 e. The van der Waals surface area contributed by atoms with Crippen molar-refractivity contribution in [1.82, 2.24) is 0 Å². The van der Waals surface area contributed by atoms with Crippen molar-refractivity contribution in [3.8, 4) is 0 Å². The molecule has 0 aromatic rings. The van der Waals surface area contributed by atoms with Gasteiger partial charge in [0.1, 0.15) is 55.4 Å². The molecule has 2 aliphatic heterocycles. The molecule has 0 spiro atoms. The SMILES string of the molecule is CCCCCCCCCCCCCCCC(=O)OC[C@H]1O[C@@H](O[C@H]2[C@H](O)[C@@H](O)C(O)O[C@@H]2CO)[C@H](O)[C@@H](O)[C@H]1O. The van der Waals surface area contributed by atoms with Gasteiger partial charge in [-0.15, -0.1) is 0 Å². The molecule has 0 radical (unpaired) electrons. The maximum Gasteiger partial charge on any atom is 0.305 e. The number of aliphatic hydroxyl groups is 7. The molecule has 0 amide bonds. The lowest BCUT2D eigenvalue weighted by molar-refractivity contribution is -0.355. The molecule has 12 heteroatoms. The predicted octanol–water partition coefficient (Wildman–Crippen LogP) is 0.635. The van der Waals surface area contributed by atoms with Gasteiger partial charge in [0.15, 0.2) is 12.6 Å². The Balaban J connectivity index is 1.65. The van der Waals surface area contributed by atoms with Crippen molar-refractivity contribution in [3.05, 3.63) is 0 Å². The standard InChI is InChI=1S/C28H52O12/c1-2-3-4-5-6-7-8-9-10-11-12-13-14-15-20(30)37-17-19-21(31)22(32)25(35)28(39-19)40-26-18(16-29)38-27(36)24(34)23(26)33/h18-19,21-29,31-36H,2-17H2,1H3/t18-,19-,21+,22+,23-,24-,25-,26-,27?,28+/m1/s1. The van der Waals surface area contributed by atoms with E-state index >= 15 is 0 Å². The van der Waals surface area contributed by atoms with Crippen LogP contribution >= 0.6 is 0 Å².